The van der Waals surface area contributed by atoms with E-state index in [0.717, 1.165) is 32.1 Å². The average molecular weight is 408 g/mol. The Bertz CT molecular complexity index is 362. The molecular formula is C21H42ClNO4. The first kappa shape index (κ1) is 30.8. The Labute approximate surface area is 172 Å². The highest BCUT2D eigenvalue weighted by Crippen LogP contribution is 2.08. The lowest BCUT2D eigenvalue weighted by Crippen LogP contribution is -2.21. The fraction of sp³-hybridized carbons (Fsp3) is 0.762. The summed E-state index contributed by atoms with van der Waals surface area (Å²) in [6, 6.07) is 0. The first-order valence-corrected chi connectivity index (χ1v) is 9.95. The monoisotopic (exact) mass is 407 g/mol. The Kier molecular flexibility index (Phi) is 28.7. The van der Waals surface area contributed by atoms with Crippen LogP contribution in [0.25, 0.3) is 0 Å². The van der Waals surface area contributed by atoms with Crippen LogP contribution >= 0.6 is 12.4 Å². The lowest BCUT2D eigenvalue weighted by molar-refractivity contribution is -0.147. The number of unbranched alkanes of at least 4 members (excludes halogenated alkanes) is 8. The van der Waals surface area contributed by atoms with Crippen molar-refractivity contribution in [3.05, 3.63) is 24.3 Å². The molecule has 0 rings (SSSR count). The number of allylic oxidation sites excluding steroid dienone is 4. The first-order valence-electron chi connectivity index (χ1n) is 9.95. The van der Waals surface area contributed by atoms with Crippen LogP contribution in [0.4, 0.5) is 0 Å². The number of aliphatic hydroxyl groups is 2. The molecule has 1 atom stereocenters. The van der Waals surface area contributed by atoms with E-state index in [1.165, 1.54) is 38.5 Å². The van der Waals surface area contributed by atoms with Gasteiger partial charge in [-0.2, -0.15) is 0 Å². The molecule has 6 heteroatoms. The van der Waals surface area contributed by atoms with Gasteiger partial charge < -0.3 is 21.1 Å². The van der Waals surface area contributed by atoms with Crippen molar-refractivity contribution in [3.8, 4) is 0 Å². The molecule has 5 nitrogen and oxygen atoms in total. The second kappa shape index (κ2) is 25.1. The summed E-state index contributed by atoms with van der Waals surface area (Å²) >= 11 is 0. The van der Waals surface area contributed by atoms with E-state index in [0.29, 0.717) is 6.42 Å². The van der Waals surface area contributed by atoms with Crippen LogP contribution in [0.15, 0.2) is 24.3 Å². The maximum Gasteiger partial charge on any atom is 0.305 e. The van der Waals surface area contributed by atoms with E-state index in [1.54, 1.807) is 0 Å². The molecule has 27 heavy (non-hydrogen) atoms. The van der Waals surface area contributed by atoms with Crippen molar-refractivity contribution in [1.29, 1.82) is 0 Å². The first-order chi connectivity index (χ1) is 12.2. The number of esters is 1. The molecule has 5 N–H and O–H groups in total. The predicted octanol–water partition coefficient (Wildman–Crippen LogP) is 5.28. The fourth-order valence-electron chi connectivity index (χ4n) is 2.39. The van der Waals surface area contributed by atoms with Gasteiger partial charge in [-0.3, -0.25) is 4.79 Å². The molecule has 0 saturated carbocycles. The maximum absolute atomic E-state index is 11.4. The lowest BCUT2D eigenvalue weighted by atomic mass is 10.1. The van der Waals surface area contributed by atoms with Gasteiger partial charge in [0.05, 0.1) is 6.61 Å². The predicted molar refractivity (Wildman–Crippen MR) is 116 cm³/mol. The normalized spacial score (nSPS) is 12.0. The molecule has 0 bridgehead atoms. The molecule has 1 unspecified atom stereocenters. The van der Waals surface area contributed by atoms with Crippen LogP contribution in [-0.2, 0) is 9.53 Å². The SMILES string of the molecule is CCCCC/C=C\C/C=C\CCCCCCCC(=O)OCC(O)CO.Cl.N. The number of carbonyl (C=O) groups is 1. The molecule has 162 valence electrons. The molecule has 0 aromatic carbocycles. The van der Waals surface area contributed by atoms with Crippen molar-refractivity contribution >= 4 is 18.4 Å². The van der Waals surface area contributed by atoms with Gasteiger partial charge in [-0.25, -0.2) is 0 Å². The number of carbonyl (C=O) groups excluding carboxylic acids is 1. The summed E-state index contributed by atoms with van der Waals surface area (Å²) in [5.41, 5.74) is 0. The van der Waals surface area contributed by atoms with Crippen molar-refractivity contribution in [3.63, 3.8) is 0 Å². The molecule has 0 saturated heterocycles. The van der Waals surface area contributed by atoms with Crippen molar-refractivity contribution in [2.45, 2.75) is 90.1 Å². The third-order valence-electron chi connectivity index (χ3n) is 3.98. The van der Waals surface area contributed by atoms with Gasteiger partial charge in [0.25, 0.3) is 0 Å². The number of hydrogen-bond donors (Lipinski definition) is 3. The van der Waals surface area contributed by atoms with Gasteiger partial charge in [0, 0.05) is 6.42 Å². The van der Waals surface area contributed by atoms with E-state index < -0.39 is 6.10 Å². The summed E-state index contributed by atoms with van der Waals surface area (Å²) in [6.45, 7) is 1.74. The summed E-state index contributed by atoms with van der Waals surface area (Å²) in [4.78, 5) is 11.4. The maximum atomic E-state index is 11.4. The Hall–Kier alpha value is -0.880. The zero-order valence-electron chi connectivity index (χ0n) is 17.1. The number of ether oxygens (including phenoxy) is 1. The molecular weight excluding hydrogens is 366 g/mol. The van der Waals surface area contributed by atoms with Crippen LogP contribution in [0.2, 0.25) is 0 Å². The summed E-state index contributed by atoms with van der Waals surface area (Å²) in [7, 11) is 0. The molecule has 0 amide bonds. The minimum Gasteiger partial charge on any atom is -0.463 e. The second-order valence-corrected chi connectivity index (χ2v) is 6.50. The minimum atomic E-state index is -0.964. The van der Waals surface area contributed by atoms with E-state index in [1.807, 2.05) is 0 Å². The van der Waals surface area contributed by atoms with Crippen molar-refractivity contribution in [1.82, 2.24) is 6.15 Å². The topological polar surface area (TPSA) is 102 Å². The Morgan fingerprint density at radius 1 is 0.926 bits per heavy atom. The smallest absolute Gasteiger partial charge is 0.305 e. The highest BCUT2D eigenvalue weighted by molar-refractivity contribution is 5.85. The van der Waals surface area contributed by atoms with Crippen LogP contribution < -0.4 is 6.15 Å². The van der Waals surface area contributed by atoms with Gasteiger partial charge in [-0.1, -0.05) is 63.3 Å². The second-order valence-electron chi connectivity index (χ2n) is 6.50. The van der Waals surface area contributed by atoms with Crippen LogP contribution in [-0.4, -0.2) is 35.5 Å². The van der Waals surface area contributed by atoms with Gasteiger partial charge in [0.15, 0.2) is 0 Å². The van der Waals surface area contributed by atoms with Crippen LogP contribution in [0.3, 0.4) is 0 Å². The number of halogens is 1. The molecule has 0 aliphatic carbocycles. The van der Waals surface area contributed by atoms with E-state index in [-0.39, 0.29) is 37.7 Å². The molecule has 0 spiro atoms. The highest BCUT2D eigenvalue weighted by Gasteiger charge is 2.07. The zero-order chi connectivity index (χ0) is 18.6. The summed E-state index contributed by atoms with van der Waals surface area (Å²) in [6.07, 6.45) is 21.1. The third kappa shape index (κ3) is 25.1. The number of aliphatic hydroxyl groups excluding tert-OH is 2. The van der Waals surface area contributed by atoms with E-state index in [4.69, 9.17) is 14.9 Å². The van der Waals surface area contributed by atoms with Gasteiger partial charge in [0.2, 0.25) is 0 Å². The third-order valence-corrected chi connectivity index (χ3v) is 3.98. The minimum absolute atomic E-state index is 0. The Balaban J connectivity index is -0.00000288. The van der Waals surface area contributed by atoms with Gasteiger partial charge >= 0.3 is 5.97 Å². The largest absolute Gasteiger partial charge is 0.463 e. The van der Waals surface area contributed by atoms with Gasteiger partial charge in [0.1, 0.15) is 12.7 Å². The molecule has 0 heterocycles. The van der Waals surface area contributed by atoms with Crippen molar-refractivity contribution in [2.75, 3.05) is 13.2 Å². The summed E-state index contributed by atoms with van der Waals surface area (Å²) < 4.78 is 4.85. The number of hydrogen-bond acceptors (Lipinski definition) is 5. The standard InChI is InChI=1S/C21H38O4.ClH.H3N/c1-2-3-4-5-6-7-8-9-10-11-12-13-14-15-16-17-21(24)25-19-20(23)18-22;;/h6-7,9-10,20,22-23H,2-5,8,11-19H2,1H3;1H;1H3/b7-6-,10-9-;;. The van der Waals surface area contributed by atoms with E-state index in [2.05, 4.69) is 31.2 Å². The molecule has 0 aromatic heterocycles. The molecule has 0 aliphatic heterocycles. The molecule has 0 fully saturated rings. The molecule has 0 aliphatic rings. The highest BCUT2D eigenvalue weighted by atomic mass is 35.5. The average Bonchev–Trinajstić information content (AvgIpc) is 2.62. The van der Waals surface area contributed by atoms with Gasteiger partial charge in [-0.15, -0.1) is 12.4 Å². The van der Waals surface area contributed by atoms with Crippen LogP contribution in [0, 0.1) is 0 Å². The Morgan fingerprint density at radius 2 is 1.48 bits per heavy atom. The molecule has 0 radical (unpaired) electrons. The quantitative estimate of drug-likeness (QED) is 0.173. The van der Waals surface area contributed by atoms with E-state index in [9.17, 15) is 4.79 Å². The Morgan fingerprint density at radius 3 is 2.07 bits per heavy atom. The van der Waals surface area contributed by atoms with Crippen LogP contribution in [0.1, 0.15) is 84.0 Å². The number of rotatable bonds is 17. The van der Waals surface area contributed by atoms with E-state index >= 15 is 0 Å². The fourth-order valence-corrected chi connectivity index (χ4v) is 2.39. The summed E-state index contributed by atoms with van der Waals surface area (Å²) in [5.74, 6) is -0.293. The van der Waals surface area contributed by atoms with Crippen LogP contribution in [0.5, 0.6) is 0 Å². The zero-order valence-corrected chi connectivity index (χ0v) is 17.9. The van der Waals surface area contributed by atoms with Gasteiger partial charge in [-0.05, 0) is 38.5 Å². The lowest BCUT2D eigenvalue weighted by Gasteiger charge is -2.08. The van der Waals surface area contributed by atoms with Crippen molar-refractivity contribution < 1.29 is 19.7 Å². The van der Waals surface area contributed by atoms with Crippen molar-refractivity contribution in [2.24, 2.45) is 0 Å². The summed E-state index contributed by atoms with van der Waals surface area (Å²) in [5, 5.41) is 17.7. The molecule has 0 aromatic rings.